The van der Waals surface area contributed by atoms with Crippen LogP contribution in [0.4, 0.5) is 0 Å². The molecule has 17 heavy (non-hydrogen) atoms. The first-order chi connectivity index (χ1) is 8.06. The number of esters is 1. The number of rotatable bonds is 5. The van der Waals surface area contributed by atoms with E-state index in [1.165, 1.54) is 0 Å². The molecule has 0 aliphatic carbocycles. The smallest absolute Gasteiger partial charge is 0.347 e. The van der Waals surface area contributed by atoms with Crippen molar-refractivity contribution in [2.45, 2.75) is 20.0 Å². The third-order valence-electron chi connectivity index (χ3n) is 2.07. The Morgan fingerprint density at radius 3 is 2.71 bits per heavy atom. The maximum atomic E-state index is 11.4. The molecule has 1 rings (SSSR count). The van der Waals surface area contributed by atoms with Gasteiger partial charge in [-0.3, -0.25) is 0 Å². The van der Waals surface area contributed by atoms with Gasteiger partial charge in [-0.2, -0.15) is 0 Å². The summed E-state index contributed by atoms with van der Waals surface area (Å²) in [5, 5.41) is 0. The van der Waals surface area contributed by atoms with Crippen molar-refractivity contribution < 1.29 is 14.3 Å². The zero-order valence-corrected chi connectivity index (χ0v) is 10.6. The lowest BCUT2D eigenvalue weighted by Gasteiger charge is -2.15. The van der Waals surface area contributed by atoms with E-state index in [0.717, 1.165) is 0 Å². The van der Waals surface area contributed by atoms with Crippen molar-refractivity contribution >= 4 is 23.2 Å². The molecule has 2 N–H and O–H groups in total. The zero-order chi connectivity index (χ0) is 12.8. The lowest BCUT2D eigenvalue weighted by molar-refractivity contribution is -0.150. The molecule has 0 spiro atoms. The maximum Gasteiger partial charge on any atom is 0.347 e. The Morgan fingerprint density at radius 2 is 2.12 bits per heavy atom. The Labute approximate surface area is 106 Å². The molecule has 5 heteroatoms. The molecule has 0 radical (unpaired) electrons. The summed E-state index contributed by atoms with van der Waals surface area (Å²) in [5.41, 5.74) is 6.17. The van der Waals surface area contributed by atoms with Gasteiger partial charge in [0.25, 0.3) is 0 Å². The van der Waals surface area contributed by atoms with E-state index in [1.54, 1.807) is 38.1 Å². The molecular formula is C12H15NO3S. The van der Waals surface area contributed by atoms with Crippen LogP contribution in [0.1, 0.15) is 19.4 Å². The lowest BCUT2D eigenvalue weighted by Crippen LogP contribution is -2.27. The summed E-state index contributed by atoms with van der Waals surface area (Å²) < 4.78 is 10.3. The van der Waals surface area contributed by atoms with Crippen molar-refractivity contribution in [3.63, 3.8) is 0 Å². The second-order valence-electron chi connectivity index (χ2n) is 3.37. The van der Waals surface area contributed by atoms with Crippen LogP contribution in [-0.4, -0.2) is 23.7 Å². The van der Waals surface area contributed by atoms with Gasteiger partial charge in [0.05, 0.1) is 12.2 Å². The molecule has 0 fully saturated rings. The van der Waals surface area contributed by atoms with Gasteiger partial charge in [-0.05, 0) is 26.0 Å². The number of benzene rings is 1. The average Bonchev–Trinajstić information content (AvgIpc) is 2.29. The van der Waals surface area contributed by atoms with Gasteiger partial charge in [0.2, 0.25) is 0 Å². The van der Waals surface area contributed by atoms with Gasteiger partial charge >= 0.3 is 5.97 Å². The van der Waals surface area contributed by atoms with Crippen LogP contribution >= 0.6 is 12.2 Å². The Bertz CT molecular complexity index is 420. The first-order valence-corrected chi connectivity index (χ1v) is 5.69. The average molecular weight is 253 g/mol. The van der Waals surface area contributed by atoms with E-state index in [1.807, 2.05) is 0 Å². The summed E-state index contributed by atoms with van der Waals surface area (Å²) in [6, 6.07) is 7.05. The first kappa shape index (κ1) is 13.4. The van der Waals surface area contributed by atoms with E-state index < -0.39 is 12.1 Å². The topological polar surface area (TPSA) is 61.5 Å². The second kappa shape index (κ2) is 6.20. The Kier molecular flexibility index (Phi) is 4.90. The third-order valence-corrected chi connectivity index (χ3v) is 2.29. The molecule has 0 heterocycles. The number of para-hydroxylation sites is 1. The third kappa shape index (κ3) is 3.71. The minimum absolute atomic E-state index is 0.233. The van der Waals surface area contributed by atoms with Crippen molar-refractivity contribution in [2.24, 2.45) is 5.73 Å². The van der Waals surface area contributed by atoms with Gasteiger partial charge in [-0.15, -0.1) is 0 Å². The van der Waals surface area contributed by atoms with Crippen LogP contribution in [0.25, 0.3) is 0 Å². The molecule has 0 aliphatic rings. The highest BCUT2D eigenvalue weighted by atomic mass is 32.1. The SMILES string of the molecule is CCOC(=O)C(C)Oc1ccccc1C(N)=S. The maximum absolute atomic E-state index is 11.4. The molecule has 1 aromatic rings. The minimum Gasteiger partial charge on any atom is -0.478 e. The van der Waals surface area contributed by atoms with Crippen LogP contribution in [0, 0.1) is 0 Å². The van der Waals surface area contributed by atoms with Gasteiger partial charge in [0.15, 0.2) is 6.10 Å². The normalized spacial score (nSPS) is 11.6. The van der Waals surface area contributed by atoms with Crippen molar-refractivity contribution in [2.75, 3.05) is 6.61 Å². The van der Waals surface area contributed by atoms with Crippen LogP contribution in [0.2, 0.25) is 0 Å². The number of hydrogen-bond acceptors (Lipinski definition) is 4. The fourth-order valence-electron chi connectivity index (χ4n) is 1.27. The molecular weight excluding hydrogens is 238 g/mol. The van der Waals surface area contributed by atoms with E-state index >= 15 is 0 Å². The summed E-state index contributed by atoms with van der Waals surface area (Å²) in [6.07, 6.45) is -0.689. The van der Waals surface area contributed by atoms with Crippen LogP contribution in [0.5, 0.6) is 5.75 Å². The number of nitrogens with two attached hydrogens (primary N) is 1. The fraction of sp³-hybridized carbons (Fsp3) is 0.333. The number of carbonyl (C=O) groups excluding carboxylic acids is 1. The minimum atomic E-state index is -0.689. The van der Waals surface area contributed by atoms with Crippen molar-refractivity contribution in [3.05, 3.63) is 29.8 Å². The van der Waals surface area contributed by atoms with Gasteiger partial charge in [0.1, 0.15) is 10.7 Å². The molecule has 0 bridgehead atoms. The number of hydrogen-bond donors (Lipinski definition) is 1. The molecule has 92 valence electrons. The predicted octanol–water partition coefficient (Wildman–Crippen LogP) is 1.65. The fourth-order valence-corrected chi connectivity index (χ4v) is 1.44. The Hall–Kier alpha value is -1.62. The summed E-state index contributed by atoms with van der Waals surface area (Å²) in [4.78, 5) is 11.7. The Morgan fingerprint density at radius 1 is 1.47 bits per heavy atom. The Balaban J connectivity index is 2.81. The number of ether oxygens (including phenoxy) is 2. The summed E-state index contributed by atoms with van der Waals surface area (Å²) in [6.45, 7) is 3.69. The van der Waals surface area contributed by atoms with Crippen LogP contribution in [0.15, 0.2) is 24.3 Å². The number of carbonyl (C=O) groups is 1. The molecule has 0 saturated carbocycles. The van der Waals surface area contributed by atoms with E-state index in [9.17, 15) is 4.79 Å². The monoisotopic (exact) mass is 253 g/mol. The summed E-state index contributed by atoms with van der Waals surface area (Å²) in [7, 11) is 0. The number of thiocarbonyl (C=S) groups is 1. The molecule has 1 aromatic carbocycles. The quantitative estimate of drug-likeness (QED) is 0.638. The van der Waals surface area contributed by atoms with E-state index in [-0.39, 0.29) is 4.99 Å². The standard InChI is InChI=1S/C12H15NO3S/c1-3-15-12(14)8(2)16-10-7-5-4-6-9(10)11(13)17/h4-8H,3H2,1-2H3,(H2,13,17). The van der Waals surface area contributed by atoms with E-state index in [4.69, 9.17) is 27.4 Å². The molecule has 4 nitrogen and oxygen atoms in total. The van der Waals surface area contributed by atoms with E-state index in [2.05, 4.69) is 0 Å². The first-order valence-electron chi connectivity index (χ1n) is 5.28. The van der Waals surface area contributed by atoms with Crippen molar-refractivity contribution in [1.29, 1.82) is 0 Å². The van der Waals surface area contributed by atoms with Crippen LogP contribution < -0.4 is 10.5 Å². The summed E-state index contributed by atoms with van der Waals surface area (Å²) in [5.74, 6) is 0.0748. The highest BCUT2D eigenvalue weighted by molar-refractivity contribution is 7.80. The second-order valence-corrected chi connectivity index (χ2v) is 3.81. The molecule has 0 amide bonds. The van der Waals surface area contributed by atoms with Gasteiger partial charge < -0.3 is 15.2 Å². The molecule has 0 aromatic heterocycles. The molecule has 0 saturated heterocycles. The van der Waals surface area contributed by atoms with Crippen LogP contribution in [-0.2, 0) is 9.53 Å². The highest BCUT2D eigenvalue weighted by Crippen LogP contribution is 2.19. The predicted molar refractivity (Wildman–Crippen MR) is 69.1 cm³/mol. The van der Waals surface area contributed by atoms with Gasteiger partial charge in [0, 0.05) is 0 Å². The summed E-state index contributed by atoms with van der Waals surface area (Å²) >= 11 is 4.90. The van der Waals surface area contributed by atoms with E-state index in [0.29, 0.717) is 17.9 Å². The molecule has 1 unspecified atom stereocenters. The highest BCUT2D eigenvalue weighted by Gasteiger charge is 2.17. The van der Waals surface area contributed by atoms with Gasteiger partial charge in [-0.1, -0.05) is 24.4 Å². The van der Waals surface area contributed by atoms with Crippen molar-refractivity contribution in [3.8, 4) is 5.75 Å². The molecule has 0 aliphatic heterocycles. The van der Waals surface area contributed by atoms with Crippen molar-refractivity contribution in [1.82, 2.24) is 0 Å². The molecule has 1 atom stereocenters. The van der Waals surface area contributed by atoms with Gasteiger partial charge in [-0.25, -0.2) is 4.79 Å². The van der Waals surface area contributed by atoms with Crippen LogP contribution in [0.3, 0.4) is 0 Å². The largest absolute Gasteiger partial charge is 0.478 e. The lowest BCUT2D eigenvalue weighted by atomic mass is 10.2. The zero-order valence-electron chi connectivity index (χ0n) is 9.80.